The van der Waals surface area contributed by atoms with Crippen LogP contribution >= 0.6 is 23.4 Å². The lowest BCUT2D eigenvalue weighted by Gasteiger charge is -2.24. The fourth-order valence-corrected chi connectivity index (χ4v) is 4.86. The lowest BCUT2D eigenvalue weighted by Crippen LogP contribution is -2.41. The van der Waals surface area contributed by atoms with E-state index in [2.05, 4.69) is 9.48 Å². The summed E-state index contributed by atoms with van der Waals surface area (Å²) in [6, 6.07) is 15.6. The minimum Gasteiger partial charge on any atom is -0.494 e. The summed E-state index contributed by atoms with van der Waals surface area (Å²) in [5, 5.41) is 13.5. The van der Waals surface area contributed by atoms with Crippen molar-refractivity contribution in [3.63, 3.8) is 0 Å². The number of nitrogens with zero attached hydrogens (tertiary/aromatic N) is 2. The molecular weight excluding hydrogens is 368 g/mol. The van der Waals surface area contributed by atoms with Gasteiger partial charge in [-0.3, -0.25) is 0 Å². The van der Waals surface area contributed by atoms with Gasteiger partial charge in [0.1, 0.15) is 11.4 Å². The summed E-state index contributed by atoms with van der Waals surface area (Å²) in [7, 11) is 0. The molecule has 1 atom stereocenters. The van der Waals surface area contributed by atoms with E-state index in [1.165, 1.54) is 0 Å². The van der Waals surface area contributed by atoms with Crippen LogP contribution in [0.5, 0.6) is 5.75 Å². The Balaban J connectivity index is 1.72. The number of rotatable bonds is 4. The van der Waals surface area contributed by atoms with Crippen molar-refractivity contribution >= 4 is 34.2 Å². The molecule has 6 heteroatoms. The molecule has 4 rings (SSSR count). The molecule has 0 saturated heterocycles. The number of hydrogen-bond acceptors (Lipinski definition) is 4. The van der Waals surface area contributed by atoms with Crippen molar-refractivity contribution in [3.05, 3.63) is 59.1 Å². The van der Waals surface area contributed by atoms with Crippen molar-refractivity contribution in [2.75, 3.05) is 30.3 Å². The highest BCUT2D eigenvalue weighted by atomic mass is 35.5. The van der Waals surface area contributed by atoms with Crippen LogP contribution in [0.3, 0.4) is 0 Å². The van der Waals surface area contributed by atoms with E-state index in [9.17, 15) is 5.11 Å². The summed E-state index contributed by atoms with van der Waals surface area (Å²) in [5.41, 5.74) is 0.885. The largest absolute Gasteiger partial charge is 0.494 e. The summed E-state index contributed by atoms with van der Waals surface area (Å²) < 4.78 is 7.67. The van der Waals surface area contributed by atoms with E-state index in [4.69, 9.17) is 16.3 Å². The van der Waals surface area contributed by atoms with Gasteiger partial charge in [0.15, 0.2) is 6.54 Å². The Kier molecular flexibility index (Phi) is 4.86. The number of ether oxygens (including phenoxy) is 1. The topological polar surface area (TPSA) is 35.7 Å². The monoisotopic (exact) mass is 389 g/mol. The molecule has 0 saturated carbocycles. The number of β-amino-alcohol motifs (C(OH)–C–C–N with tert-alkyl or cyclic N) is 1. The Morgan fingerprint density at radius 3 is 2.62 bits per heavy atom. The third-order valence-electron chi connectivity index (χ3n) is 4.81. The molecule has 0 fully saturated rings. The second-order valence-corrected chi connectivity index (χ2v) is 7.97. The molecule has 2 aliphatic rings. The Labute approximate surface area is 163 Å². The lowest BCUT2D eigenvalue weighted by molar-refractivity contribution is -0.656. The smallest absolute Gasteiger partial charge is 0.316 e. The third kappa shape index (κ3) is 3.08. The highest BCUT2D eigenvalue weighted by Gasteiger charge is 2.53. The molecule has 0 radical (unpaired) electrons. The van der Waals surface area contributed by atoms with Crippen LogP contribution in [0.15, 0.2) is 48.5 Å². The molecule has 0 aliphatic carbocycles. The van der Waals surface area contributed by atoms with Crippen LogP contribution in [0.2, 0.25) is 5.02 Å². The van der Waals surface area contributed by atoms with E-state index in [0.29, 0.717) is 18.2 Å². The summed E-state index contributed by atoms with van der Waals surface area (Å²) in [5.74, 6) is 1.89. The summed E-state index contributed by atoms with van der Waals surface area (Å²) in [6.45, 7) is 3.93. The van der Waals surface area contributed by atoms with E-state index in [1.54, 1.807) is 11.8 Å². The normalized spacial score (nSPS) is 22.5. The molecule has 2 heterocycles. The molecule has 0 aromatic heterocycles. The number of halogens is 1. The van der Waals surface area contributed by atoms with Crippen LogP contribution < -0.4 is 9.64 Å². The highest BCUT2D eigenvalue weighted by Crippen LogP contribution is 2.38. The summed E-state index contributed by atoms with van der Waals surface area (Å²) in [6.07, 6.45) is 1.06. The zero-order valence-corrected chi connectivity index (χ0v) is 16.3. The van der Waals surface area contributed by atoms with Crippen molar-refractivity contribution in [3.8, 4) is 5.75 Å². The van der Waals surface area contributed by atoms with Gasteiger partial charge in [0.2, 0.25) is 0 Å². The first-order valence-electron chi connectivity index (χ1n) is 8.88. The van der Waals surface area contributed by atoms with Crippen LogP contribution in [-0.2, 0) is 5.72 Å². The minimum atomic E-state index is -1.05. The average Bonchev–Trinajstić information content (AvgIpc) is 2.98. The van der Waals surface area contributed by atoms with Crippen LogP contribution in [0, 0.1) is 0 Å². The van der Waals surface area contributed by atoms with Gasteiger partial charge in [-0.1, -0.05) is 11.6 Å². The number of thioether (sulfide) groups is 1. The van der Waals surface area contributed by atoms with Gasteiger partial charge >= 0.3 is 5.17 Å². The van der Waals surface area contributed by atoms with Crippen LogP contribution in [0.1, 0.15) is 18.9 Å². The molecule has 1 unspecified atom stereocenters. The number of aliphatic hydroxyl groups is 1. The van der Waals surface area contributed by atoms with Gasteiger partial charge in [0.05, 0.1) is 13.2 Å². The first-order chi connectivity index (χ1) is 12.6. The third-order valence-corrected chi connectivity index (χ3v) is 6.25. The van der Waals surface area contributed by atoms with Gasteiger partial charge in [0.25, 0.3) is 5.72 Å². The number of anilines is 1. The maximum Gasteiger partial charge on any atom is 0.316 e. The number of amidine groups is 1. The maximum absolute atomic E-state index is 11.6. The van der Waals surface area contributed by atoms with Crippen LogP contribution in [0.25, 0.3) is 0 Å². The Bertz CT molecular complexity index is 823. The van der Waals surface area contributed by atoms with Gasteiger partial charge in [-0.25, -0.2) is 9.48 Å². The molecule has 0 bridgehead atoms. The molecule has 2 aliphatic heterocycles. The Morgan fingerprint density at radius 2 is 1.92 bits per heavy atom. The molecule has 2 aromatic rings. The van der Waals surface area contributed by atoms with Gasteiger partial charge in [-0.2, -0.15) is 0 Å². The first-order valence-corrected chi connectivity index (χ1v) is 10.2. The standard InChI is InChI=1S/C20H22ClN2O2S/c1-2-25-18-10-4-15(5-11-18)20(24)14-22(17-8-6-16(21)7-9-17)19-23(20)12-3-13-26-19/h4-11,24H,2-3,12-14H2,1H3/q+1. The SMILES string of the molecule is CCOc1ccc(C2(O)CN(c3ccc(Cl)cc3)C3=[N+]2CCCS3)cc1. The van der Waals surface area contributed by atoms with Gasteiger partial charge in [-0.05, 0) is 73.6 Å². The molecule has 4 nitrogen and oxygen atoms in total. The zero-order chi connectivity index (χ0) is 18.1. The predicted molar refractivity (Wildman–Crippen MR) is 108 cm³/mol. The average molecular weight is 390 g/mol. The van der Waals surface area contributed by atoms with Crippen molar-refractivity contribution in [1.82, 2.24) is 0 Å². The molecule has 26 heavy (non-hydrogen) atoms. The molecule has 136 valence electrons. The molecule has 1 N–H and O–H groups in total. The molecular formula is C20H22ClN2O2S+. The first kappa shape index (κ1) is 17.7. The maximum atomic E-state index is 11.6. The Morgan fingerprint density at radius 1 is 1.19 bits per heavy atom. The fourth-order valence-electron chi connectivity index (χ4n) is 3.55. The predicted octanol–water partition coefficient (Wildman–Crippen LogP) is 3.91. The van der Waals surface area contributed by atoms with Crippen molar-refractivity contribution in [2.45, 2.75) is 19.1 Å². The van der Waals surface area contributed by atoms with E-state index in [1.807, 2.05) is 55.5 Å². The lowest BCUT2D eigenvalue weighted by atomic mass is 10.0. The molecule has 0 spiro atoms. The van der Waals surface area contributed by atoms with Crippen molar-refractivity contribution in [1.29, 1.82) is 0 Å². The van der Waals surface area contributed by atoms with Crippen molar-refractivity contribution < 1.29 is 14.4 Å². The van der Waals surface area contributed by atoms with Gasteiger partial charge in [0, 0.05) is 16.3 Å². The number of hydrogen-bond donors (Lipinski definition) is 1. The molecule has 0 amide bonds. The van der Waals surface area contributed by atoms with Gasteiger partial charge in [-0.15, -0.1) is 0 Å². The highest BCUT2D eigenvalue weighted by molar-refractivity contribution is 8.13. The van der Waals surface area contributed by atoms with E-state index in [0.717, 1.165) is 40.9 Å². The van der Waals surface area contributed by atoms with E-state index >= 15 is 0 Å². The minimum absolute atomic E-state index is 0.491. The van der Waals surface area contributed by atoms with Crippen molar-refractivity contribution in [2.24, 2.45) is 0 Å². The van der Waals surface area contributed by atoms with Crippen LogP contribution in [-0.4, -0.2) is 40.3 Å². The van der Waals surface area contributed by atoms with E-state index in [-0.39, 0.29) is 0 Å². The summed E-state index contributed by atoms with van der Waals surface area (Å²) in [4.78, 5) is 2.19. The summed E-state index contributed by atoms with van der Waals surface area (Å²) >= 11 is 7.85. The van der Waals surface area contributed by atoms with E-state index < -0.39 is 5.72 Å². The quantitative estimate of drug-likeness (QED) is 0.804. The zero-order valence-electron chi connectivity index (χ0n) is 14.7. The molecule has 2 aromatic carbocycles. The van der Waals surface area contributed by atoms with Gasteiger partial charge < -0.3 is 9.84 Å². The second-order valence-electron chi connectivity index (χ2n) is 6.47. The fraction of sp³-hybridized carbons (Fsp3) is 0.350. The van der Waals surface area contributed by atoms with Crippen LogP contribution in [0.4, 0.5) is 5.69 Å². The number of benzene rings is 2. The second kappa shape index (κ2) is 7.14. The Hall–Kier alpha value is -1.69.